The van der Waals surface area contributed by atoms with Crippen LogP contribution in [0, 0.1) is 13.8 Å². The Labute approximate surface area is 217 Å². The molecule has 9 heteroatoms. The maximum atomic E-state index is 12.1. The molecule has 0 saturated carbocycles. The molecule has 3 aromatic rings. The van der Waals surface area contributed by atoms with Crippen molar-refractivity contribution in [3.8, 4) is 11.4 Å². The summed E-state index contributed by atoms with van der Waals surface area (Å²) in [6.07, 6.45) is 0.733. The van der Waals surface area contributed by atoms with E-state index in [1.807, 2.05) is 37.6 Å². The third kappa shape index (κ3) is 7.75. The Morgan fingerprint density at radius 2 is 1.79 bits per heavy atom. The standard InChI is InChI=1S/C25H32N6O2.HI/c1-4-26-25(28-14-8-13-27-24(33)20-10-7-11-22(32)16-20)29-17-21-9-5-6-12-23(21)31-19(3)15-18(2)30-31;/h5-7,9-12,15-16,32H,4,8,13-14,17H2,1-3H3,(H,27,33)(H2,26,28,29);1H. The minimum atomic E-state index is -0.202. The van der Waals surface area contributed by atoms with Crippen LogP contribution < -0.4 is 16.0 Å². The molecule has 182 valence electrons. The summed E-state index contributed by atoms with van der Waals surface area (Å²) in [5.41, 5.74) is 4.62. The first-order valence-electron chi connectivity index (χ1n) is 11.2. The van der Waals surface area contributed by atoms with Crippen molar-refractivity contribution in [2.45, 2.75) is 33.7 Å². The first kappa shape index (κ1) is 27.2. The van der Waals surface area contributed by atoms with Crippen molar-refractivity contribution >= 4 is 35.8 Å². The van der Waals surface area contributed by atoms with Crippen LogP contribution in [0.1, 0.15) is 40.7 Å². The number of aromatic hydroxyl groups is 1. The molecule has 0 bridgehead atoms. The number of rotatable bonds is 9. The van der Waals surface area contributed by atoms with E-state index in [0.717, 1.165) is 41.6 Å². The zero-order chi connectivity index (χ0) is 23.6. The van der Waals surface area contributed by atoms with Crippen LogP contribution in [-0.2, 0) is 6.54 Å². The van der Waals surface area contributed by atoms with Gasteiger partial charge >= 0.3 is 0 Å². The fraction of sp³-hybridized carbons (Fsp3) is 0.320. The fourth-order valence-electron chi connectivity index (χ4n) is 3.48. The third-order valence-electron chi connectivity index (χ3n) is 5.02. The Morgan fingerprint density at radius 1 is 1.03 bits per heavy atom. The summed E-state index contributed by atoms with van der Waals surface area (Å²) in [5.74, 6) is 0.599. The predicted molar refractivity (Wildman–Crippen MR) is 146 cm³/mol. The van der Waals surface area contributed by atoms with Gasteiger partial charge in [-0.15, -0.1) is 24.0 Å². The highest BCUT2D eigenvalue weighted by Crippen LogP contribution is 2.17. The normalized spacial score (nSPS) is 11.0. The topological polar surface area (TPSA) is 104 Å². The van der Waals surface area contributed by atoms with Gasteiger partial charge in [0.25, 0.3) is 5.91 Å². The SMILES string of the molecule is CCNC(=NCc1ccccc1-n1nc(C)cc1C)NCCCNC(=O)c1cccc(O)c1.I. The molecule has 0 aliphatic carbocycles. The molecule has 0 atom stereocenters. The highest BCUT2D eigenvalue weighted by atomic mass is 127. The number of amides is 1. The van der Waals surface area contributed by atoms with Gasteiger partial charge in [0.2, 0.25) is 0 Å². The fourth-order valence-corrected chi connectivity index (χ4v) is 3.48. The lowest BCUT2D eigenvalue weighted by Crippen LogP contribution is -2.38. The van der Waals surface area contributed by atoms with Crippen molar-refractivity contribution in [2.24, 2.45) is 4.99 Å². The molecule has 1 amide bonds. The molecule has 4 N–H and O–H groups in total. The average molecular weight is 576 g/mol. The summed E-state index contributed by atoms with van der Waals surface area (Å²) < 4.78 is 1.95. The van der Waals surface area contributed by atoms with E-state index in [9.17, 15) is 9.90 Å². The smallest absolute Gasteiger partial charge is 0.251 e. The van der Waals surface area contributed by atoms with Crippen LogP contribution in [-0.4, -0.2) is 46.4 Å². The molecular weight excluding hydrogens is 543 g/mol. The van der Waals surface area contributed by atoms with Crippen molar-refractivity contribution in [1.29, 1.82) is 0 Å². The Kier molecular flexibility index (Phi) is 10.9. The van der Waals surface area contributed by atoms with E-state index < -0.39 is 0 Å². The number of benzene rings is 2. The minimum Gasteiger partial charge on any atom is -0.508 e. The monoisotopic (exact) mass is 576 g/mol. The van der Waals surface area contributed by atoms with Crippen LogP contribution in [0.3, 0.4) is 0 Å². The zero-order valence-electron chi connectivity index (χ0n) is 19.8. The maximum absolute atomic E-state index is 12.1. The largest absolute Gasteiger partial charge is 0.508 e. The van der Waals surface area contributed by atoms with E-state index >= 15 is 0 Å². The van der Waals surface area contributed by atoms with Crippen molar-refractivity contribution < 1.29 is 9.90 Å². The van der Waals surface area contributed by atoms with Gasteiger partial charge in [0, 0.05) is 30.9 Å². The van der Waals surface area contributed by atoms with Gasteiger partial charge in [0.15, 0.2) is 5.96 Å². The Balaban J connectivity index is 0.00000408. The summed E-state index contributed by atoms with van der Waals surface area (Å²) in [5, 5.41) is 23.5. The van der Waals surface area contributed by atoms with Crippen LogP contribution in [0.25, 0.3) is 5.69 Å². The van der Waals surface area contributed by atoms with Crippen LogP contribution in [0.2, 0.25) is 0 Å². The molecular formula is C25H33IN6O2. The van der Waals surface area contributed by atoms with E-state index in [1.165, 1.54) is 12.1 Å². The van der Waals surface area contributed by atoms with E-state index in [-0.39, 0.29) is 35.6 Å². The summed E-state index contributed by atoms with van der Waals surface area (Å²) in [6.45, 7) is 8.50. The Hall–Kier alpha value is -3.08. The number of guanidine groups is 1. The number of carbonyl (C=O) groups is 1. The van der Waals surface area contributed by atoms with Crippen molar-refractivity contribution in [3.05, 3.63) is 77.1 Å². The number of phenols is 1. The summed E-state index contributed by atoms with van der Waals surface area (Å²) in [6, 6.07) is 16.5. The number of nitrogens with one attached hydrogen (secondary N) is 3. The highest BCUT2D eigenvalue weighted by molar-refractivity contribution is 14.0. The van der Waals surface area contributed by atoms with Gasteiger partial charge in [-0.25, -0.2) is 9.67 Å². The highest BCUT2D eigenvalue weighted by Gasteiger charge is 2.09. The van der Waals surface area contributed by atoms with Gasteiger partial charge in [-0.05, 0) is 63.1 Å². The van der Waals surface area contributed by atoms with E-state index in [0.29, 0.717) is 25.2 Å². The van der Waals surface area contributed by atoms with Crippen LogP contribution >= 0.6 is 24.0 Å². The second-order valence-corrected chi connectivity index (χ2v) is 7.75. The zero-order valence-corrected chi connectivity index (χ0v) is 22.2. The number of aromatic nitrogens is 2. The number of nitrogens with zero attached hydrogens (tertiary/aromatic N) is 3. The van der Waals surface area contributed by atoms with Gasteiger partial charge < -0.3 is 21.1 Å². The van der Waals surface area contributed by atoms with Crippen LogP contribution in [0.5, 0.6) is 5.75 Å². The summed E-state index contributed by atoms with van der Waals surface area (Å²) in [4.78, 5) is 16.9. The Bertz CT molecular complexity index is 1110. The quantitative estimate of drug-likeness (QED) is 0.135. The molecule has 0 unspecified atom stereocenters. The van der Waals surface area contributed by atoms with Crippen molar-refractivity contribution in [2.75, 3.05) is 19.6 Å². The van der Waals surface area contributed by atoms with Gasteiger partial charge in [0.1, 0.15) is 5.75 Å². The number of hydrogen-bond donors (Lipinski definition) is 4. The van der Waals surface area contributed by atoms with E-state index in [2.05, 4.69) is 39.2 Å². The number of aliphatic imine (C=N–C) groups is 1. The first-order valence-corrected chi connectivity index (χ1v) is 11.2. The molecule has 0 saturated heterocycles. The molecule has 0 spiro atoms. The number of carbonyl (C=O) groups excluding carboxylic acids is 1. The second kappa shape index (κ2) is 13.6. The van der Waals surface area contributed by atoms with E-state index in [1.54, 1.807) is 12.1 Å². The lowest BCUT2D eigenvalue weighted by molar-refractivity contribution is 0.0953. The molecule has 34 heavy (non-hydrogen) atoms. The maximum Gasteiger partial charge on any atom is 0.251 e. The summed E-state index contributed by atoms with van der Waals surface area (Å²) in [7, 11) is 0. The molecule has 0 fully saturated rings. The minimum absolute atomic E-state index is 0. The molecule has 3 rings (SSSR count). The van der Waals surface area contributed by atoms with Gasteiger partial charge in [-0.3, -0.25) is 4.79 Å². The van der Waals surface area contributed by atoms with Crippen molar-refractivity contribution in [1.82, 2.24) is 25.7 Å². The van der Waals surface area contributed by atoms with E-state index in [4.69, 9.17) is 4.99 Å². The molecule has 1 aromatic heterocycles. The number of phenolic OH excluding ortho intramolecular Hbond substituents is 1. The second-order valence-electron chi connectivity index (χ2n) is 7.75. The summed E-state index contributed by atoms with van der Waals surface area (Å²) >= 11 is 0. The number of para-hydroxylation sites is 1. The van der Waals surface area contributed by atoms with Crippen LogP contribution in [0.4, 0.5) is 0 Å². The molecule has 1 heterocycles. The lowest BCUT2D eigenvalue weighted by Gasteiger charge is -2.13. The molecule has 0 aliphatic rings. The first-order chi connectivity index (χ1) is 16.0. The third-order valence-corrected chi connectivity index (χ3v) is 5.02. The Morgan fingerprint density at radius 3 is 2.50 bits per heavy atom. The van der Waals surface area contributed by atoms with Crippen molar-refractivity contribution in [3.63, 3.8) is 0 Å². The van der Waals surface area contributed by atoms with Gasteiger partial charge in [-0.2, -0.15) is 5.10 Å². The van der Waals surface area contributed by atoms with Gasteiger partial charge in [0.05, 0.1) is 17.9 Å². The number of aryl methyl sites for hydroxylation is 2. The molecule has 0 radical (unpaired) electrons. The lowest BCUT2D eigenvalue weighted by atomic mass is 10.2. The van der Waals surface area contributed by atoms with Gasteiger partial charge in [-0.1, -0.05) is 24.3 Å². The predicted octanol–water partition coefficient (Wildman–Crippen LogP) is 3.69. The molecule has 0 aliphatic heterocycles. The molecule has 2 aromatic carbocycles. The molecule has 8 nitrogen and oxygen atoms in total. The van der Waals surface area contributed by atoms with Crippen LogP contribution in [0.15, 0.2) is 59.6 Å². The number of hydrogen-bond acceptors (Lipinski definition) is 4. The average Bonchev–Trinajstić information content (AvgIpc) is 3.14. The number of halogens is 1.